The second kappa shape index (κ2) is 6.72. The van der Waals surface area contributed by atoms with E-state index in [9.17, 15) is 0 Å². The number of pyridine rings is 1. The van der Waals surface area contributed by atoms with E-state index in [-0.39, 0.29) is 0 Å². The molecule has 0 aliphatic carbocycles. The minimum absolute atomic E-state index is 0.763. The maximum absolute atomic E-state index is 4.85. The summed E-state index contributed by atoms with van der Waals surface area (Å²) in [4.78, 5) is 8.93. The van der Waals surface area contributed by atoms with Crippen molar-refractivity contribution in [3.63, 3.8) is 0 Å². The Hall–Kier alpha value is -3.26. The maximum atomic E-state index is 4.85. The van der Waals surface area contributed by atoms with E-state index in [4.69, 9.17) is 4.98 Å². The van der Waals surface area contributed by atoms with Crippen molar-refractivity contribution in [2.24, 2.45) is 0 Å². The van der Waals surface area contributed by atoms with Crippen LogP contribution in [0.4, 0.5) is 0 Å². The molecule has 4 aromatic heterocycles. The van der Waals surface area contributed by atoms with Crippen molar-refractivity contribution < 1.29 is 0 Å². The normalized spacial score (nSPS) is 11.5. The van der Waals surface area contributed by atoms with Crippen LogP contribution in [0.2, 0.25) is 0 Å². The van der Waals surface area contributed by atoms with Gasteiger partial charge in [-0.05, 0) is 43.8 Å². The topological polar surface area (TPSA) is 73.8 Å². The first-order valence-corrected chi connectivity index (χ1v) is 9.83. The van der Waals surface area contributed by atoms with Crippen LogP contribution < -0.4 is 0 Å². The highest BCUT2D eigenvalue weighted by Gasteiger charge is 2.17. The van der Waals surface area contributed by atoms with Crippen LogP contribution in [-0.2, 0) is 6.54 Å². The zero-order valence-electron chi connectivity index (χ0n) is 15.4. The standard InChI is InChI=1S/C20H17N7S/c1-3-26-18(14-8-10-21-11-9-14)23-24-20(26)28-19-15-6-4-5-7-16(15)27-17(22-19)12-13(2)25-27/h4-12H,3H2,1-2H3. The summed E-state index contributed by atoms with van der Waals surface area (Å²) >= 11 is 1.53. The van der Waals surface area contributed by atoms with Gasteiger partial charge >= 0.3 is 0 Å². The van der Waals surface area contributed by atoms with Gasteiger partial charge in [-0.2, -0.15) is 5.10 Å². The fourth-order valence-electron chi connectivity index (χ4n) is 3.27. The molecule has 0 amide bonds. The van der Waals surface area contributed by atoms with Crippen molar-refractivity contribution >= 4 is 28.3 Å². The van der Waals surface area contributed by atoms with E-state index in [1.807, 2.05) is 41.8 Å². The molecular weight excluding hydrogens is 370 g/mol. The second-order valence-electron chi connectivity index (χ2n) is 6.38. The average molecular weight is 387 g/mol. The molecule has 8 heteroatoms. The van der Waals surface area contributed by atoms with Gasteiger partial charge in [0.1, 0.15) is 5.03 Å². The molecule has 0 atom stereocenters. The van der Waals surface area contributed by atoms with Gasteiger partial charge in [-0.25, -0.2) is 9.50 Å². The number of aryl methyl sites for hydroxylation is 1. The highest BCUT2D eigenvalue weighted by molar-refractivity contribution is 7.99. The minimum atomic E-state index is 0.763. The Morgan fingerprint density at radius 2 is 1.86 bits per heavy atom. The molecule has 28 heavy (non-hydrogen) atoms. The number of aromatic nitrogens is 7. The number of fused-ring (bicyclic) bond motifs is 3. The molecule has 0 bridgehead atoms. The fraction of sp³-hybridized carbons (Fsp3) is 0.150. The number of hydrogen-bond donors (Lipinski definition) is 0. The van der Waals surface area contributed by atoms with Crippen molar-refractivity contribution in [2.45, 2.75) is 30.6 Å². The first kappa shape index (κ1) is 16.9. The lowest BCUT2D eigenvalue weighted by Crippen LogP contribution is -2.01. The molecule has 0 unspecified atom stereocenters. The molecule has 5 rings (SSSR count). The van der Waals surface area contributed by atoms with Crippen LogP contribution in [0.1, 0.15) is 12.6 Å². The van der Waals surface area contributed by atoms with Gasteiger partial charge in [-0.1, -0.05) is 18.2 Å². The Balaban J connectivity index is 1.65. The van der Waals surface area contributed by atoms with E-state index in [1.54, 1.807) is 12.4 Å². The summed E-state index contributed by atoms with van der Waals surface area (Å²) in [5, 5.41) is 16.2. The van der Waals surface area contributed by atoms with Crippen LogP contribution in [0.5, 0.6) is 0 Å². The third-order valence-corrected chi connectivity index (χ3v) is 5.54. The third-order valence-electron chi connectivity index (χ3n) is 4.55. The Morgan fingerprint density at radius 3 is 2.68 bits per heavy atom. The van der Waals surface area contributed by atoms with Gasteiger partial charge < -0.3 is 4.57 Å². The first-order valence-electron chi connectivity index (χ1n) is 9.01. The molecule has 1 aromatic carbocycles. The van der Waals surface area contributed by atoms with Crippen molar-refractivity contribution in [2.75, 3.05) is 0 Å². The van der Waals surface area contributed by atoms with Gasteiger partial charge in [0.05, 0.1) is 11.2 Å². The lowest BCUT2D eigenvalue weighted by Gasteiger charge is -2.09. The largest absolute Gasteiger partial charge is 0.302 e. The molecule has 138 valence electrons. The summed E-state index contributed by atoms with van der Waals surface area (Å²) in [7, 11) is 0. The Kier molecular flexibility index (Phi) is 4.05. The highest BCUT2D eigenvalue weighted by Crippen LogP contribution is 2.33. The summed E-state index contributed by atoms with van der Waals surface area (Å²) < 4.78 is 3.99. The molecule has 0 fully saturated rings. The maximum Gasteiger partial charge on any atom is 0.197 e. The first-order chi connectivity index (χ1) is 13.7. The summed E-state index contributed by atoms with van der Waals surface area (Å²) in [5.74, 6) is 0.831. The quantitative estimate of drug-likeness (QED) is 0.434. The van der Waals surface area contributed by atoms with Crippen molar-refractivity contribution in [3.8, 4) is 11.4 Å². The Labute approximate surface area is 165 Å². The molecule has 0 saturated carbocycles. The Bertz CT molecular complexity index is 1290. The van der Waals surface area contributed by atoms with E-state index in [0.717, 1.165) is 50.4 Å². The molecule has 0 saturated heterocycles. The van der Waals surface area contributed by atoms with E-state index in [0.29, 0.717) is 0 Å². The van der Waals surface area contributed by atoms with E-state index >= 15 is 0 Å². The van der Waals surface area contributed by atoms with E-state index in [2.05, 4.69) is 43.9 Å². The molecule has 0 radical (unpaired) electrons. The van der Waals surface area contributed by atoms with Gasteiger partial charge in [-0.3, -0.25) is 4.98 Å². The van der Waals surface area contributed by atoms with E-state index in [1.165, 1.54) is 11.8 Å². The molecule has 0 aliphatic rings. The van der Waals surface area contributed by atoms with Crippen molar-refractivity contribution in [1.29, 1.82) is 0 Å². The van der Waals surface area contributed by atoms with Crippen molar-refractivity contribution in [3.05, 3.63) is 60.6 Å². The number of benzene rings is 1. The molecule has 0 N–H and O–H groups in total. The van der Waals surface area contributed by atoms with Crippen LogP contribution in [0.3, 0.4) is 0 Å². The molecule has 0 spiro atoms. The van der Waals surface area contributed by atoms with Crippen LogP contribution in [0.25, 0.3) is 27.9 Å². The average Bonchev–Trinajstić information content (AvgIpc) is 3.31. The van der Waals surface area contributed by atoms with Crippen LogP contribution in [-0.4, -0.2) is 34.3 Å². The molecule has 7 nitrogen and oxygen atoms in total. The van der Waals surface area contributed by atoms with Gasteiger partial charge in [0.15, 0.2) is 16.6 Å². The van der Waals surface area contributed by atoms with Gasteiger partial charge in [-0.15, -0.1) is 10.2 Å². The lowest BCUT2D eigenvalue weighted by atomic mass is 10.2. The Morgan fingerprint density at radius 1 is 1.04 bits per heavy atom. The molecule has 4 heterocycles. The molecular formula is C20H17N7S. The summed E-state index contributed by atoms with van der Waals surface area (Å²) in [6, 6.07) is 14.0. The van der Waals surface area contributed by atoms with Crippen molar-refractivity contribution in [1.82, 2.24) is 34.3 Å². The zero-order valence-corrected chi connectivity index (χ0v) is 16.3. The molecule has 0 aliphatic heterocycles. The van der Waals surface area contributed by atoms with Crippen LogP contribution >= 0.6 is 11.8 Å². The fourth-order valence-corrected chi connectivity index (χ4v) is 4.28. The summed E-state index contributed by atoms with van der Waals surface area (Å²) in [5.41, 5.74) is 3.79. The lowest BCUT2D eigenvalue weighted by molar-refractivity contribution is 0.687. The number of hydrogen-bond acceptors (Lipinski definition) is 6. The predicted octanol–water partition coefficient (Wildman–Crippen LogP) is 4.02. The summed E-state index contributed by atoms with van der Waals surface area (Å²) in [6.45, 7) is 4.83. The van der Waals surface area contributed by atoms with Gasteiger partial charge in [0, 0.05) is 36.0 Å². The number of rotatable bonds is 4. The minimum Gasteiger partial charge on any atom is -0.302 e. The SMILES string of the molecule is CCn1c(Sc2nc3cc(C)nn3c3ccccc23)nnc1-c1ccncc1. The molecule has 5 aromatic rings. The number of para-hydroxylation sites is 1. The summed E-state index contributed by atoms with van der Waals surface area (Å²) in [6.07, 6.45) is 3.53. The van der Waals surface area contributed by atoms with E-state index < -0.39 is 0 Å². The van der Waals surface area contributed by atoms with Gasteiger partial charge in [0.2, 0.25) is 0 Å². The monoisotopic (exact) mass is 387 g/mol. The van der Waals surface area contributed by atoms with Gasteiger partial charge in [0.25, 0.3) is 0 Å². The van der Waals surface area contributed by atoms with Crippen LogP contribution in [0.15, 0.2) is 65.0 Å². The third kappa shape index (κ3) is 2.73. The zero-order chi connectivity index (χ0) is 19.1. The van der Waals surface area contributed by atoms with Crippen LogP contribution in [0, 0.1) is 6.92 Å². The highest BCUT2D eigenvalue weighted by atomic mass is 32.2. The second-order valence-corrected chi connectivity index (χ2v) is 7.33. The number of nitrogens with zero attached hydrogens (tertiary/aromatic N) is 7. The predicted molar refractivity (Wildman–Crippen MR) is 108 cm³/mol. The smallest absolute Gasteiger partial charge is 0.197 e.